The van der Waals surface area contributed by atoms with Gasteiger partial charge in [-0.3, -0.25) is 0 Å². The molecule has 1 aromatic carbocycles. The van der Waals surface area contributed by atoms with Crippen LogP contribution in [0.4, 0.5) is 23.7 Å². The Kier molecular flexibility index (Phi) is 6.10. The summed E-state index contributed by atoms with van der Waals surface area (Å²) in [5, 5.41) is 12.2. The van der Waals surface area contributed by atoms with E-state index in [0.29, 0.717) is 17.8 Å². The normalized spacial score (nSPS) is 21.6. The molecular formula is C17H23F3N2O2. The van der Waals surface area contributed by atoms with Gasteiger partial charge in [0.15, 0.2) is 0 Å². The Bertz CT molecular complexity index is 563. The van der Waals surface area contributed by atoms with Gasteiger partial charge >= 0.3 is 12.2 Å². The van der Waals surface area contributed by atoms with Crippen LogP contribution in [0.5, 0.6) is 0 Å². The predicted molar refractivity (Wildman–Crippen MR) is 85.8 cm³/mol. The molecule has 2 unspecified atom stereocenters. The van der Waals surface area contributed by atoms with Crippen LogP contribution in [0.3, 0.4) is 0 Å². The third-order valence-electron chi connectivity index (χ3n) is 4.50. The SMILES string of the molecule is CC1CCCN(C(=O)Nc2ccccc2CCC(F)(F)F)C1CO. The number of nitrogens with one attached hydrogen (secondary N) is 1. The van der Waals surface area contributed by atoms with E-state index in [2.05, 4.69) is 5.32 Å². The van der Waals surface area contributed by atoms with E-state index in [1.54, 1.807) is 29.2 Å². The van der Waals surface area contributed by atoms with Crippen LogP contribution in [0.15, 0.2) is 24.3 Å². The maximum Gasteiger partial charge on any atom is 0.389 e. The quantitative estimate of drug-likeness (QED) is 0.873. The number of piperidine rings is 1. The molecule has 4 nitrogen and oxygen atoms in total. The molecule has 1 heterocycles. The Hall–Kier alpha value is -1.76. The molecule has 7 heteroatoms. The number of para-hydroxylation sites is 1. The Morgan fingerprint density at radius 2 is 2.08 bits per heavy atom. The molecule has 0 aromatic heterocycles. The van der Waals surface area contributed by atoms with Gasteiger partial charge in [0.2, 0.25) is 0 Å². The number of urea groups is 1. The zero-order valence-electron chi connectivity index (χ0n) is 13.6. The topological polar surface area (TPSA) is 52.6 Å². The van der Waals surface area contributed by atoms with Gasteiger partial charge < -0.3 is 15.3 Å². The fourth-order valence-corrected chi connectivity index (χ4v) is 3.10. The number of benzene rings is 1. The lowest BCUT2D eigenvalue weighted by Gasteiger charge is -2.39. The number of carbonyl (C=O) groups excluding carboxylic acids is 1. The average Bonchev–Trinajstić information content (AvgIpc) is 2.53. The molecule has 1 aliphatic heterocycles. The second-order valence-electron chi connectivity index (χ2n) is 6.27. The number of hydrogen-bond acceptors (Lipinski definition) is 2. The highest BCUT2D eigenvalue weighted by Crippen LogP contribution is 2.27. The molecule has 24 heavy (non-hydrogen) atoms. The van der Waals surface area contributed by atoms with Gasteiger partial charge in [0, 0.05) is 18.7 Å². The second kappa shape index (κ2) is 7.88. The summed E-state index contributed by atoms with van der Waals surface area (Å²) in [7, 11) is 0. The van der Waals surface area contributed by atoms with Crippen LogP contribution >= 0.6 is 0 Å². The van der Waals surface area contributed by atoms with E-state index in [1.165, 1.54) is 0 Å². The van der Waals surface area contributed by atoms with E-state index in [-0.39, 0.29) is 31.0 Å². The van der Waals surface area contributed by atoms with E-state index >= 15 is 0 Å². The predicted octanol–water partition coefficient (Wildman–Crippen LogP) is 3.81. The van der Waals surface area contributed by atoms with Crippen molar-refractivity contribution in [2.45, 2.75) is 44.8 Å². The van der Waals surface area contributed by atoms with Crippen molar-refractivity contribution >= 4 is 11.7 Å². The molecule has 2 N–H and O–H groups in total. The Labute approximate surface area is 139 Å². The number of aliphatic hydroxyl groups excluding tert-OH is 1. The Morgan fingerprint density at radius 3 is 2.75 bits per heavy atom. The minimum atomic E-state index is -4.23. The van der Waals surface area contributed by atoms with Crippen molar-refractivity contribution in [3.63, 3.8) is 0 Å². The Morgan fingerprint density at radius 1 is 1.38 bits per heavy atom. The lowest BCUT2D eigenvalue weighted by molar-refractivity contribution is -0.133. The van der Waals surface area contributed by atoms with Crippen LogP contribution in [0.2, 0.25) is 0 Å². The molecular weight excluding hydrogens is 321 g/mol. The number of halogens is 3. The first-order valence-corrected chi connectivity index (χ1v) is 8.15. The minimum Gasteiger partial charge on any atom is -0.394 e. The van der Waals surface area contributed by atoms with Crippen molar-refractivity contribution in [1.29, 1.82) is 0 Å². The van der Waals surface area contributed by atoms with Crippen molar-refractivity contribution in [2.75, 3.05) is 18.5 Å². The second-order valence-corrected chi connectivity index (χ2v) is 6.27. The molecule has 134 valence electrons. The van der Waals surface area contributed by atoms with E-state index < -0.39 is 12.6 Å². The van der Waals surface area contributed by atoms with Gasteiger partial charge in [-0.1, -0.05) is 25.1 Å². The lowest BCUT2D eigenvalue weighted by atomic mass is 9.91. The number of amides is 2. The summed E-state index contributed by atoms with van der Waals surface area (Å²) in [6.45, 7) is 2.40. The minimum absolute atomic E-state index is 0.121. The maximum atomic E-state index is 12.5. The molecule has 1 aromatic rings. The van der Waals surface area contributed by atoms with Crippen LogP contribution in [0, 0.1) is 5.92 Å². The summed E-state index contributed by atoms with van der Waals surface area (Å²) in [6.07, 6.45) is -3.56. The van der Waals surface area contributed by atoms with Crippen molar-refractivity contribution in [1.82, 2.24) is 4.90 Å². The molecule has 2 atom stereocenters. The first-order valence-electron chi connectivity index (χ1n) is 8.15. The highest BCUT2D eigenvalue weighted by molar-refractivity contribution is 5.90. The highest BCUT2D eigenvalue weighted by atomic mass is 19.4. The van der Waals surface area contributed by atoms with Crippen LogP contribution in [0.25, 0.3) is 0 Å². The van der Waals surface area contributed by atoms with Gasteiger partial charge in [0.25, 0.3) is 0 Å². The smallest absolute Gasteiger partial charge is 0.389 e. The van der Waals surface area contributed by atoms with Gasteiger partial charge in [-0.2, -0.15) is 13.2 Å². The molecule has 0 saturated carbocycles. The number of hydrogen-bond donors (Lipinski definition) is 2. The number of aryl methyl sites for hydroxylation is 1. The van der Waals surface area contributed by atoms with E-state index in [1.807, 2.05) is 6.92 Å². The summed E-state index contributed by atoms with van der Waals surface area (Å²) < 4.78 is 37.3. The molecule has 2 amide bonds. The van der Waals surface area contributed by atoms with E-state index in [0.717, 1.165) is 12.8 Å². The van der Waals surface area contributed by atoms with Gasteiger partial charge in [-0.15, -0.1) is 0 Å². The zero-order valence-corrected chi connectivity index (χ0v) is 13.6. The number of alkyl halides is 3. The molecule has 1 saturated heterocycles. The van der Waals surface area contributed by atoms with Gasteiger partial charge in [0.1, 0.15) is 0 Å². The van der Waals surface area contributed by atoms with Crippen molar-refractivity contribution in [2.24, 2.45) is 5.92 Å². The summed E-state index contributed by atoms with van der Waals surface area (Å²) in [5.74, 6) is 0.190. The van der Waals surface area contributed by atoms with Crippen LogP contribution in [0.1, 0.15) is 31.7 Å². The summed E-state index contributed by atoms with van der Waals surface area (Å²) in [5.41, 5.74) is 0.843. The summed E-state index contributed by atoms with van der Waals surface area (Å²) >= 11 is 0. The van der Waals surface area contributed by atoms with Crippen molar-refractivity contribution in [3.8, 4) is 0 Å². The maximum absolute atomic E-state index is 12.5. The fraction of sp³-hybridized carbons (Fsp3) is 0.588. The highest BCUT2D eigenvalue weighted by Gasteiger charge is 2.32. The van der Waals surface area contributed by atoms with Crippen LogP contribution in [-0.2, 0) is 6.42 Å². The monoisotopic (exact) mass is 344 g/mol. The first kappa shape index (κ1) is 18.6. The standard InChI is InChI=1S/C17H23F3N2O2/c1-12-5-4-10-22(15(12)11-23)16(24)21-14-7-3-2-6-13(14)8-9-17(18,19)20/h2-3,6-7,12,15,23H,4-5,8-11H2,1H3,(H,21,24). The van der Waals surface area contributed by atoms with Crippen LogP contribution in [-0.4, -0.2) is 41.4 Å². The first-order chi connectivity index (χ1) is 11.3. The number of aliphatic hydroxyl groups is 1. The van der Waals surface area contributed by atoms with E-state index in [9.17, 15) is 23.1 Å². The number of rotatable bonds is 4. The van der Waals surface area contributed by atoms with Gasteiger partial charge in [-0.25, -0.2) is 4.79 Å². The summed E-state index contributed by atoms with van der Waals surface area (Å²) in [4.78, 5) is 14.1. The number of likely N-dealkylation sites (tertiary alicyclic amines) is 1. The molecule has 1 aliphatic rings. The third kappa shape index (κ3) is 4.87. The average molecular weight is 344 g/mol. The molecule has 2 rings (SSSR count). The number of anilines is 1. The van der Waals surface area contributed by atoms with Crippen LogP contribution < -0.4 is 5.32 Å². The molecule has 0 bridgehead atoms. The van der Waals surface area contributed by atoms with E-state index in [4.69, 9.17) is 0 Å². The van der Waals surface area contributed by atoms with Gasteiger partial charge in [-0.05, 0) is 36.8 Å². The fourth-order valence-electron chi connectivity index (χ4n) is 3.10. The third-order valence-corrected chi connectivity index (χ3v) is 4.50. The summed E-state index contributed by atoms with van der Waals surface area (Å²) in [6, 6.07) is 5.88. The Balaban J connectivity index is 2.08. The lowest BCUT2D eigenvalue weighted by Crippen LogP contribution is -2.51. The number of carbonyl (C=O) groups is 1. The molecule has 0 aliphatic carbocycles. The zero-order chi connectivity index (χ0) is 17.7. The molecule has 0 spiro atoms. The largest absolute Gasteiger partial charge is 0.394 e. The van der Waals surface area contributed by atoms with Gasteiger partial charge in [0.05, 0.1) is 12.6 Å². The molecule has 0 radical (unpaired) electrons. The van der Waals surface area contributed by atoms with Crippen molar-refractivity contribution < 1.29 is 23.1 Å². The van der Waals surface area contributed by atoms with Crippen molar-refractivity contribution in [3.05, 3.63) is 29.8 Å². The number of nitrogens with zero attached hydrogens (tertiary/aromatic N) is 1. The molecule has 1 fully saturated rings.